The molecular formula is C13H26N2O2. The van der Waals surface area contributed by atoms with Gasteiger partial charge in [0.2, 0.25) is 5.91 Å². The summed E-state index contributed by atoms with van der Waals surface area (Å²) in [5.41, 5.74) is -0.300. The second kappa shape index (κ2) is 6.97. The molecule has 4 heteroatoms. The van der Waals surface area contributed by atoms with E-state index in [-0.39, 0.29) is 18.1 Å². The van der Waals surface area contributed by atoms with Crippen molar-refractivity contribution in [2.75, 3.05) is 26.7 Å². The van der Waals surface area contributed by atoms with Gasteiger partial charge < -0.3 is 15.3 Å². The minimum atomic E-state index is -0.300. The van der Waals surface area contributed by atoms with Gasteiger partial charge in [-0.15, -0.1) is 0 Å². The number of aliphatic hydroxyl groups is 1. The molecule has 1 amide bonds. The average molecular weight is 242 g/mol. The van der Waals surface area contributed by atoms with E-state index in [1.165, 1.54) is 0 Å². The van der Waals surface area contributed by atoms with Gasteiger partial charge in [0.25, 0.3) is 0 Å². The number of unbranched alkanes of at least 4 members (excludes halogenated alkanes) is 2. The number of carbonyl (C=O) groups excluding carboxylic acids is 1. The molecule has 100 valence electrons. The normalized spacial score (nSPS) is 23.9. The number of rotatable bonds is 7. The van der Waals surface area contributed by atoms with Crippen LogP contribution in [-0.2, 0) is 4.79 Å². The van der Waals surface area contributed by atoms with Crippen LogP contribution in [0.15, 0.2) is 0 Å². The molecule has 1 heterocycles. The smallest absolute Gasteiger partial charge is 0.242 e. The molecule has 1 aliphatic heterocycles. The summed E-state index contributed by atoms with van der Waals surface area (Å²) in [6.45, 7) is 4.08. The molecule has 0 aliphatic carbocycles. The van der Waals surface area contributed by atoms with Gasteiger partial charge in [-0.25, -0.2) is 0 Å². The Morgan fingerprint density at radius 1 is 1.41 bits per heavy atom. The number of amides is 1. The minimum Gasteiger partial charge on any atom is -0.396 e. The van der Waals surface area contributed by atoms with Gasteiger partial charge in [-0.3, -0.25) is 4.79 Å². The summed E-state index contributed by atoms with van der Waals surface area (Å²) in [5, 5.41) is 12.1. The van der Waals surface area contributed by atoms with E-state index in [1.54, 1.807) is 0 Å². The molecule has 1 rings (SSSR count). The van der Waals surface area contributed by atoms with Crippen LogP contribution in [0, 0.1) is 0 Å². The van der Waals surface area contributed by atoms with Gasteiger partial charge in [0.15, 0.2) is 0 Å². The summed E-state index contributed by atoms with van der Waals surface area (Å²) < 4.78 is 0. The van der Waals surface area contributed by atoms with Crippen molar-refractivity contribution in [1.82, 2.24) is 10.2 Å². The zero-order valence-corrected chi connectivity index (χ0v) is 11.2. The molecule has 1 atom stereocenters. The summed E-state index contributed by atoms with van der Waals surface area (Å²) in [6.07, 6.45) is 5.72. The van der Waals surface area contributed by atoms with Gasteiger partial charge in [0.1, 0.15) is 0 Å². The Morgan fingerprint density at radius 3 is 2.71 bits per heavy atom. The molecule has 0 bridgehead atoms. The van der Waals surface area contributed by atoms with Crippen LogP contribution < -0.4 is 5.32 Å². The Bertz CT molecular complexity index is 238. The quantitative estimate of drug-likeness (QED) is 0.658. The van der Waals surface area contributed by atoms with E-state index in [0.717, 1.165) is 51.6 Å². The number of hydrogen-bond acceptors (Lipinski definition) is 3. The Balaban J connectivity index is 2.39. The first-order valence-corrected chi connectivity index (χ1v) is 6.78. The van der Waals surface area contributed by atoms with E-state index in [4.69, 9.17) is 5.11 Å². The van der Waals surface area contributed by atoms with Crippen molar-refractivity contribution in [3.05, 3.63) is 0 Å². The molecule has 0 aromatic rings. The molecule has 0 saturated carbocycles. The Kier molecular flexibility index (Phi) is 5.92. The van der Waals surface area contributed by atoms with E-state index < -0.39 is 0 Å². The molecule has 2 N–H and O–H groups in total. The molecule has 17 heavy (non-hydrogen) atoms. The van der Waals surface area contributed by atoms with Crippen LogP contribution in [0.3, 0.4) is 0 Å². The van der Waals surface area contributed by atoms with E-state index in [2.05, 4.69) is 12.2 Å². The molecule has 4 nitrogen and oxygen atoms in total. The standard InChI is InChI=1S/C13H26N2O2/c1-3-13(8-7-9-14-13)12(17)15(2)10-5-4-6-11-16/h14,16H,3-11H2,1-2H3. The van der Waals surface area contributed by atoms with Gasteiger partial charge in [-0.1, -0.05) is 6.92 Å². The zero-order chi connectivity index (χ0) is 12.7. The summed E-state index contributed by atoms with van der Waals surface area (Å²) in [7, 11) is 1.89. The SMILES string of the molecule is CCC1(C(=O)N(C)CCCCCO)CCCN1. The first kappa shape index (κ1) is 14.5. The second-order valence-electron chi connectivity index (χ2n) is 4.98. The van der Waals surface area contributed by atoms with Gasteiger partial charge in [0.05, 0.1) is 5.54 Å². The summed E-state index contributed by atoms with van der Waals surface area (Å²) in [5.74, 6) is 0.237. The monoisotopic (exact) mass is 242 g/mol. The lowest BCUT2D eigenvalue weighted by molar-refractivity contribution is -0.136. The summed E-state index contributed by atoms with van der Waals surface area (Å²) in [6, 6.07) is 0. The fraction of sp³-hybridized carbons (Fsp3) is 0.923. The number of likely N-dealkylation sites (N-methyl/N-ethyl adjacent to an activating group) is 1. The molecule has 1 unspecified atom stereocenters. The number of nitrogens with zero attached hydrogens (tertiary/aromatic N) is 1. The molecule has 1 fully saturated rings. The predicted octanol–water partition coefficient (Wildman–Crippen LogP) is 1.14. The van der Waals surface area contributed by atoms with Gasteiger partial charge in [-0.2, -0.15) is 0 Å². The van der Waals surface area contributed by atoms with E-state index in [0.29, 0.717) is 0 Å². The van der Waals surface area contributed by atoms with Crippen LogP contribution in [0.1, 0.15) is 45.4 Å². The lowest BCUT2D eigenvalue weighted by Crippen LogP contribution is -2.53. The van der Waals surface area contributed by atoms with E-state index >= 15 is 0 Å². The summed E-state index contributed by atoms with van der Waals surface area (Å²) >= 11 is 0. The first-order chi connectivity index (χ1) is 8.16. The zero-order valence-electron chi connectivity index (χ0n) is 11.2. The van der Waals surface area contributed by atoms with E-state index in [1.807, 2.05) is 11.9 Å². The fourth-order valence-corrected chi connectivity index (χ4v) is 2.55. The summed E-state index contributed by atoms with van der Waals surface area (Å²) in [4.78, 5) is 14.2. The highest BCUT2D eigenvalue weighted by Crippen LogP contribution is 2.25. The molecule has 0 spiro atoms. The number of aliphatic hydroxyl groups excluding tert-OH is 1. The maximum atomic E-state index is 12.4. The fourth-order valence-electron chi connectivity index (χ4n) is 2.55. The molecule has 1 saturated heterocycles. The molecule has 0 radical (unpaired) electrons. The van der Waals surface area contributed by atoms with Crippen molar-refractivity contribution >= 4 is 5.91 Å². The van der Waals surface area contributed by atoms with Crippen molar-refractivity contribution in [3.63, 3.8) is 0 Å². The third-order valence-electron chi connectivity index (χ3n) is 3.75. The topological polar surface area (TPSA) is 52.6 Å². The van der Waals surface area contributed by atoms with Gasteiger partial charge >= 0.3 is 0 Å². The third kappa shape index (κ3) is 3.68. The predicted molar refractivity (Wildman–Crippen MR) is 68.8 cm³/mol. The Morgan fingerprint density at radius 2 is 2.18 bits per heavy atom. The average Bonchev–Trinajstić information content (AvgIpc) is 2.83. The molecule has 0 aromatic heterocycles. The van der Waals surface area contributed by atoms with Gasteiger partial charge in [0, 0.05) is 20.2 Å². The van der Waals surface area contributed by atoms with Crippen LogP contribution in [0.5, 0.6) is 0 Å². The van der Waals surface area contributed by atoms with Crippen molar-refractivity contribution in [1.29, 1.82) is 0 Å². The Labute approximate surface area is 104 Å². The van der Waals surface area contributed by atoms with Crippen molar-refractivity contribution < 1.29 is 9.90 Å². The number of carbonyl (C=O) groups is 1. The van der Waals surface area contributed by atoms with Gasteiger partial charge in [-0.05, 0) is 45.1 Å². The second-order valence-corrected chi connectivity index (χ2v) is 4.98. The van der Waals surface area contributed by atoms with E-state index in [9.17, 15) is 4.79 Å². The van der Waals surface area contributed by atoms with Crippen molar-refractivity contribution in [2.24, 2.45) is 0 Å². The highest BCUT2D eigenvalue weighted by molar-refractivity contribution is 5.86. The van der Waals surface area contributed by atoms with Crippen LogP contribution >= 0.6 is 0 Å². The highest BCUT2D eigenvalue weighted by atomic mass is 16.2. The van der Waals surface area contributed by atoms with Crippen LogP contribution in [0.2, 0.25) is 0 Å². The largest absolute Gasteiger partial charge is 0.396 e. The molecule has 0 aromatic carbocycles. The minimum absolute atomic E-state index is 0.237. The number of hydrogen-bond donors (Lipinski definition) is 2. The first-order valence-electron chi connectivity index (χ1n) is 6.78. The molecular weight excluding hydrogens is 216 g/mol. The highest BCUT2D eigenvalue weighted by Gasteiger charge is 2.40. The van der Waals surface area contributed by atoms with Crippen LogP contribution in [-0.4, -0.2) is 48.2 Å². The third-order valence-corrected chi connectivity index (χ3v) is 3.75. The lowest BCUT2D eigenvalue weighted by Gasteiger charge is -2.31. The maximum absolute atomic E-state index is 12.4. The van der Waals surface area contributed by atoms with Crippen LogP contribution in [0.4, 0.5) is 0 Å². The molecule has 1 aliphatic rings. The number of nitrogens with one attached hydrogen (secondary N) is 1. The lowest BCUT2D eigenvalue weighted by atomic mass is 9.92. The maximum Gasteiger partial charge on any atom is 0.242 e. The van der Waals surface area contributed by atoms with Crippen molar-refractivity contribution in [3.8, 4) is 0 Å². The Hall–Kier alpha value is -0.610. The van der Waals surface area contributed by atoms with Crippen molar-refractivity contribution in [2.45, 2.75) is 51.0 Å². The van der Waals surface area contributed by atoms with Crippen LogP contribution in [0.25, 0.3) is 0 Å².